The van der Waals surface area contributed by atoms with Crippen LogP contribution < -0.4 is 5.32 Å². The van der Waals surface area contributed by atoms with Gasteiger partial charge < -0.3 is 5.32 Å². The molecule has 1 heterocycles. The number of alkyl halides is 1. The highest BCUT2D eigenvalue weighted by Gasteiger charge is 2.08. The van der Waals surface area contributed by atoms with Gasteiger partial charge in [0, 0.05) is 23.5 Å². The lowest BCUT2D eigenvalue weighted by molar-refractivity contribution is 0.431. The standard InChI is InChI=1S/C18H25ClN2/c1-3-6-15(9-10-19)12-20-13-16-11-14(2)21-18-8-5-4-7-17(16)18/h4-5,7-8,11,15,20H,3,6,9-10,12-13H2,1-2H3. The summed E-state index contributed by atoms with van der Waals surface area (Å²) in [4.78, 5) is 4.59. The lowest BCUT2D eigenvalue weighted by atomic mass is 10.0. The first kappa shape index (κ1) is 16.3. The van der Waals surface area contributed by atoms with Crippen molar-refractivity contribution in [2.24, 2.45) is 5.92 Å². The van der Waals surface area contributed by atoms with Crippen LogP contribution >= 0.6 is 11.6 Å². The second kappa shape index (κ2) is 8.35. The molecule has 1 N–H and O–H groups in total. The molecule has 1 unspecified atom stereocenters. The quantitative estimate of drug-likeness (QED) is 0.716. The summed E-state index contributed by atoms with van der Waals surface area (Å²) < 4.78 is 0. The highest BCUT2D eigenvalue weighted by molar-refractivity contribution is 6.17. The Balaban J connectivity index is 2.02. The number of nitrogens with zero attached hydrogens (tertiary/aromatic N) is 1. The maximum atomic E-state index is 5.89. The minimum absolute atomic E-state index is 0.682. The first-order valence-electron chi connectivity index (χ1n) is 7.86. The molecule has 0 saturated heterocycles. The van der Waals surface area contributed by atoms with E-state index in [1.165, 1.54) is 23.8 Å². The summed E-state index contributed by atoms with van der Waals surface area (Å²) in [5, 5.41) is 4.85. The van der Waals surface area contributed by atoms with E-state index in [0.29, 0.717) is 5.92 Å². The van der Waals surface area contributed by atoms with Gasteiger partial charge in [-0.15, -0.1) is 11.6 Å². The molecule has 0 fully saturated rings. The highest BCUT2D eigenvalue weighted by Crippen LogP contribution is 2.18. The number of para-hydroxylation sites is 1. The van der Waals surface area contributed by atoms with Crippen LogP contribution in [0.5, 0.6) is 0 Å². The van der Waals surface area contributed by atoms with Crippen molar-refractivity contribution < 1.29 is 0 Å². The Kier molecular flexibility index (Phi) is 6.47. The molecular weight excluding hydrogens is 280 g/mol. The van der Waals surface area contributed by atoms with Gasteiger partial charge in [0.15, 0.2) is 0 Å². The van der Waals surface area contributed by atoms with Crippen LogP contribution in [0.3, 0.4) is 0 Å². The molecule has 2 rings (SSSR count). The Labute approximate surface area is 132 Å². The lowest BCUT2D eigenvalue weighted by Crippen LogP contribution is -2.23. The van der Waals surface area contributed by atoms with Gasteiger partial charge in [0.05, 0.1) is 5.52 Å². The monoisotopic (exact) mass is 304 g/mol. The van der Waals surface area contributed by atoms with Crippen LogP contribution in [0.4, 0.5) is 0 Å². The summed E-state index contributed by atoms with van der Waals surface area (Å²) >= 11 is 5.89. The highest BCUT2D eigenvalue weighted by atomic mass is 35.5. The minimum Gasteiger partial charge on any atom is -0.312 e. The summed E-state index contributed by atoms with van der Waals surface area (Å²) in [7, 11) is 0. The number of fused-ring (bicyclic) bond motifs is 1. The molecule has 0 radical (unpaired) electrons. The van der Waals surface area contributed by atoms with E-state index in [2.05, 4.69) is 48.4 Å². The van der Waals surface area contributed by atoms with Crippen molar-refractivity contribution in [3.63, 3.8) is 0 Å². The topological polar surface area (TPSA) is 24.9 Å². The molecule has 2 aromatic rings. The van der Waals surface area contributed by atoms with Crippen LogP contribution in [0.25, 0.3) is 10.9 Å². The average Bonchev–Trinajstić information content (AvgIpc) is 2.47. The zero-order valence-electron chi connectivity index (χ0n) is 13.0. The Morgan fingerprint density at radius 3 is 2.81 bits per heavy atom. The van der Waals surface area contributed by atoms with Crippen LogP contribution in [0.1, 0.15) is 37.4 Å². The van der Waals surface area contributed by atoms with Gasteiger partial charge in [-0.3, -0.25) is 4.98 Å². The molecule has 3 heteroatoms. The zero-order valence-corrected chi connectivity index (χ0v) is 13.8. The fourth-order valence-electron chi connectivity index (χ4n) is 2.86. The number of hydrogen-bond donors (Lipinski definition) is 1. The van der Waals surface area contributed by atoms with Crippen molar-refractivity contribution in [2.45, 2.75) is 39.7 Å². The molecule has 1 aromatic heterocycles. The van der Waals surface area contributed by atoms with E-state index < -0.39 is 0 Å². The zero-order chi connectivity index (χ0) is 15.1. The van der Waals surface area contributed by atoms with Gasteiger partial charge in [0.1, 0.15) is 0 Å². The van der Waals surface area contributed by atoms with Crippen molar-refractivity contribution in [1.82, 2.24) is 10.3 Å². The van der Waals surface area contributed by atoms with Crippen LogP contribution in [0.2, 0.25) is 0 Å². The predicted octanol–water partition coefficient (Wildman–Crippen LogP) is 4.68. The van der Waals surface area contributed by atoms with E-state index in [1.807, 2.05) is 6.07 Å². The fraction of sp³-hybridized carbons (Fsp3) is 0.500. The van der Waals surface area contributed by atoms with Gasteiger partial charge in [-0.05, 0) is 49.9 Å². The van der Waals surface area contributed by atoms with Gasteiger partial charge in [0.25, 0.3) is 0 Å². The fourth-order valence-corrected chi connectivity index (χ4v) is 3.17. The molecule has 0 bridgehead atoms. The van der Waals surface area contributed by atoms with Gasteiger partial charge in [0.2, 0.25) is 0 Å². The molecule has 114 valence electrons. The van der Waals surface area contributed by atoms with Crippen LogP contribution in [-0.4, -0.2) is 17.4 Å². The first-order valence-corrected chi connectivity index (χ1v) is 8.40. The molecule has 0 aliphatic heterocycles. The van der Waals surface area contributed by atoms with Gasteiger partial charge >= 0.3 is 0 Å². The predicted molar refractivity (Wildman–Crippen MR) is 91.9 cm³/mol. The number of aryl methyl sites for hydroxylation is 1. The molecule has 2 nitrogen and oxygen atoms in total. The smallest absolute Gasteiger partial charge is 0.0708 e. The second-order valence-electron chi connectivity index (χ2n) is 5.70. The van der Waals surface area contributed by atoms with Gasteiger partial charge in [-0.1, -0.05) is 31.5 Å². The maximum absolute atomic E-state index is 5.89. The second-order valence-corrected chi connectivity index (χ2v) is 6.08. The van der Waals surface area contributed by atoms with Crippen molar-refractivity contribution in [3.05, 3.63) is 41.6 Å². The summed E-state index contributed by atoms with van der Waals surface area (Å²) in [6.07, 6.45) is 3.56. The molecule has 1 atom stereocenters. The minimum atomic E-state index is 0.682. The third-order valence-electron chi connectivity index (χ3n) is 3.89. The molecule has 1 aromatic carbocycles. The summed E-state index contributed by atoms with van der Waals surface area (Å²) in [6, 6.07) is 10.5. The molecule has 0 spiro atoms. The van der Waals surface area contributed by atoms with Gasteiger partial charge in [-0.25, -0.2) is 0 Å². The number of halogens is 1. The Hall–Kier alpha value is -1.12. The largest absolute Gasteiger partial charge is 0.312 e. The normalized spacial score (nSPS) is 12.7. The van der Waals surface area contributed by atoms with Crippen molar-refractivity contribution in [3.8, 4) is 0 Å². The van der Waals surface area contributed by atoms with E-state index in [9.17, 15) is 0 Å². The average molecular weight is 305 g/mol. The summed E-state index contributed by atoms with van der Waals surface area (Å²) in [5.41, 5.74) is 3.50. The first-order chi connectivity index (χ1) is 10.2. The van der Waals surface area contributed by atoms with Crippen LogP contribution in [-0.2, 0) is 6.54 Å². The maximum Gasteiger partial charge on any atom is 0.0708 e. The number of aromatic nitrogens is 1. The molecule has 21 heavy (non-hydrogen) atoms. The number of hydrogen-bond acceptors (Lipinski definition) is 2. The SMILES string of the molecule is CCCC(CCCl)CNCc1cc(C)nc2ccccc12. The van der Waals surface area contributed by atoms with E-state index in [1.54, 1.807) is 0 Å². The molecule has 0 amide bonds. The Morgan fingerprint density at radius 1 is 1.24 bits per heavy atom. The summed E-state index contributed by atoms with van der Waals surface area (Å²) in [5.74, 6) is 1.44. The number of pyridine rings is 1. The number of rotatable bonds is 8. The molecule has 0 aliphatic carbocycles. The van der Waals surface area contributed by atoms with E-state index in [0.717, 1.165) is 36.6 Å². The van der Waals surface area contributed by atoms with Crippen LogP contribution in [0.15, 0.2) is 30.3 Å². The third-order valence-corrected chi connectivity index (χ3v) is 4.11. The van der Waals surface area contributed by atoms with E-state index >= 15 is 0 Å². The molecule has 0 aliphatic rings. The van der Waals surface area contributed by atoms with Gasteiger partial charge in [-0.2, -0.15) is 0 Å². The van der Waals surface area contributed by atoms with Crippen molar-refractivity contribution in [2.75, 3.05) is 12.4 Å². The number of benzene rings is 1. The van der Waals surface area contributed by atoms with Crippen molar-refractivity contribution in [1.29, 1.82) is 0 Å². The molecular formula is C18H25ClN2. The third kappa shape index (κ3) is 4.69. The Morgan fingerprint density at radius 2 is 2.05 bits per heavy atom. The number of nitrogens with one attached hydrogen (secondary N) is 1. The van der Waals surface area contributed by atoms with Crippen molar-refractivity contribution >= 4 is 22.5 Å². The molecule has 0 saturated carbocycles. The summed E-state index contributed by atoms with van der Waals surface area (Å²) in [6.45, 7) is 6.23. The van der Waals surface area contributed by atoms with Crippen LogP contribution in [0, 0.1) is 12.8 Å². The Bertz CT molecular complexity index is 562. The lowest BCUT2D eigenvalue weighted by Gasteiger charge is -2.16. The van der Waals surface area contributed by atoms with E-state index in [4.69, 9.17) is 11.6 Å². The van der Waals surface area contributed by atoms with E-state index in [-0.39, 0.29) is 0 Å².